The van der Waals surface area contributed by atoms with Crippen molar-refractivity contribution in [1.82, 2.24) is 20.5 Å². The molecule has 0 unspecified atom stereocenters. The van der Waals surface area contributed by atoms with Crippen molar-refractivity contribution in [3.05, 3.63) is 23.4 Å². The maximum Gasteiger partial charge on any atom is 0.404 e. The molecule has 0 aromatic carbocycles. The van der Waals surface area contributed by atoms with Crippen molar-refractivity contribution >= 4 is 52.5 Å². The third kappa shape index (κ3) is 6.03. The average molecular weight is 428 g/mol. The van der Waals surface area contributed by atoms with Gasteiger partial charge >= 0.3 is 6.09 Å². The van der Waals surface area contributed by atoms with Crippen LogP contribution in [-0.2, 0) is 9.59 Å². The van der Waals surface area contributed by atoms with Gasteiger partial charge in [-0.3, -0.25) is 9.59 Å². The van der Waals surface area contributed by atoms with Gasteiger partial charge in [0.2, 0.25) is 5.91 Å². The molecule has 9 nitrogen and oxygen atoms in total. The summed E-state index contributed by atoms with van der Waals surface area (Å²) in [4.78, 5) is 41.0. The van der Waals surface area contributed by atoms with E-state index in [2.05, 4.69) is 20.9 Å². The maximum absolute atomic E-state index is 12.3. The molecule has 0 spiro atoms. The Kier molecular flexibility index (Phi) is 7.53. The van der Waals surface area contributed by atoms with Gasteiger partial charge in [0.15, 0.2) is 4.99 Å². The number of anilines is 1. The summed E-state index contributed by atoms with van der Waals surface area (Å²) in [6, 6.07) is 2.16. The van der Waals surface area contributed by atoms with E-state index in [9.17, 15) is 14.4 Å². The van der Waals surface area contributed by atoms with Crippen LogP contribution in [0.3, 0.4) is 0 Å². The topological polar surface area (TPSA) is 124 Å². The lowest BCUT2D eigenvalue weighted by Gasteiger charge is -2.37. The molecule has 0 radical (unpaired) electrons. The van der Waals surface area contributed by atoms with Gasteiger partial charge in [0.1, 0.15) is 5.82 Å². The highest BCUT2D eigenvalue weighted by atomic mass is 35.5. The van der Waals surface area contributed by atoms with Gasteiger partial charge in [-0.2, -0.15) is 0 Å². The molecule has 1 saturated carbocycles. The van der Waals surface area contributed by atoms with E-state index in [1.807, 2.05) is 0 Å². The third-order valence-electron chi connectivity index (χ3n) is 4.44. The Bertz CT molecular complexity index is 758. The van der Waals surface area contributed by atoms with Crippen LogP contribution in [0.5, 0.6) is 0 Å². The number of nitrogens with zero attached hydrogens (tertiary/aromatic N) is 2. The third-order valence-corrected chi connectivity index (χ3v) is 4.97. The zero-order valence-electron chi connectivity index (χ0n) is 15.4. The summed E-state index contributed by atoms with van der Waals surface area (Å²) in [5, 5.41) is 17.4. The summed E-state index contributed by atoms with van der Waals surface area (Å²) in [6.07, 6.45) is 1.57. The molecule has 0 aliphatic heterocycles. The molecular weight excluding hydrogens is 406 g/mol. The number of hydrogen-bond donors (Lipinski definition) is 4. The highest BCUT2D eigenvalue weighted by Crippen LogP contribution is 2.26. The Balaban J connectivity index is 2.00. The highest BCUT2D eigenvalue weighted by molar-refractivity contribution is 7.82. The van der Waals surface area contributed by atoms with Crippen LogP contribution in [-0.4, -0.2) is 64.1 Å². The Morgan fingerprint density at radius 2 is 1.93 bits per heavy atom. The lowest BCUT2D eigenvalue weighted by Crippen LogP contribution is -2.56. The van der Waals surface area contributed by atoms with Crippen LogP contribution in [0.4, 0.5) is 10.6 Å². The minimum absolute atomic E-state index is 0.0511. The number of carbonyl (C=O) groups is 3. The van der Waals surface area contributed by atoms with E-state index in [0.717, 1.165) is 0 Å². The van der Waals surface area contributed by atoms with Gasteiger partial charge in [-0.05, 0) is 31.4 Å². The molecule has 4 N–H and O–H groups in total. The minimum Gasteiger partial charge on any atom is -0.465 e. The SMILES string of the molecule is CN(C)C(=O)[C@H]1CC[C@H](NC(=S)C(=O)Nc2ccc(Cl)cn2)[C@H](NC(=O)O)C1. The molecule has 152 valence electrons. The van der Waals surface area contributed by atoms with Crippen LogP contribution < -0.4 is 16.0 Å². The molecular formula is C17H22ClN5O4S. The minimum atomic E-state index is -1.20. The van der Waals surface area contributed by atoms with E-state index >= 15 is 0 Å². The molecule has 1 heterocycles. The van der Waals surface area contributed by atoms with Gasteiger partial charge in [0.05, 0.1) is 11.1 Å². The quantitative estimate of drug-likeness (QED) is 0.536. The second kappa shape index (κ2) is 9.65. The molecule has 2 rings (SSSR count). The van der Waals surface area contributed by atoms with Crippen LogP contribution in [0.15, 0.2) is 18.3 Å². The standard InChI is InChI=1S/C17H22ClN5O4S/c1-23(2)16(25)9-3-5-11(12(7-9)21-17(26)27)20-15(28)14(24)22-13-6-4-10(18)8-19-13/h4,6,8-9,11-12,21H,3,5,7H2,1-2H3,(H,20,28)(H,26,27)(H,19,22,24)/t9-,11-,12+/m0/s1. The lowest BCUT2D eigenvalue weighted by molar-refractivity contribution is -0.134. The van der Waals surface area contributed by atoms with Crippen molar-refractivity contribution in [3.8, 4) is 0 Å². The molecule has 1 aromatic rings. The van der Waals surface area contributed by atoms with Crippen molar-refractivity contribution in [1.29, 1.82) is 0 Å². The summed E-state index contributed by atoms with van der Waals surface area (Å²) in [5.74, 6) is -0.611. The van der Waals surface area contributed by atoms with Gasteiger partial charge in [0.25, 0.3) is 5.91 Å². The van der Waals surface area contributed by atoms with E-state index in [0.29, 0.717) is 30.1 Å². The number of rotatable bonds is 4. The summed E-state index contributed by atoms with van der Waals surface area (Å²) >= 11 is 10.9. The first kappa shape index (κ1) is 21.8. The summed E-state index contributed by atoms with van der Waals surface area (Å²) < 4.78 is 0. The van der Waals surface area contributed by atoms with Gasteiger partial charge < -0.3 is 26.0 Å². The van der Waals surface area contributed by atoms with Crippen LogP contribution in [0, 0.1) is 5.92 Å². The van der Waals surface area contributed by atoms with Crippen molar-refractivity contribution in [3.63, 3.8) is 0 Å². The van der Waals surface area contributed by atoms with Crippen molar-refractivity contribution in [2.24, 2.45) is 5.92 Å². The molecule has 11 heteroatoms. The summed E-state index contributed by atoms with van der Waals surface area (Å²) in [6.45, 7) is 0. The molecule has 3 amide bonds. The predicted molar refractivity (Wildman–Crippen MR) is 108 cm³/mol. The number of halogens is 1. The number of aromatic nitrogens is 1. The number of carboxylic acid groups (broad SMARTS) is 1. The molecule has 28 heavy (non-hydrogen) atoms. The van der Waals surface area contributed by atoms with Crippen LogP contribution in [0.1, 0.15) is 19.3 Å². The fraction of sp³-hybridized carbons (Fsp3) is 0.471. The number of hydrogen-bond acceptors (Lipinski definition) is 5. The van der Waals surface area contributed by atoms with E-state index in [4.69, 9.17) is 28.9 Å². The zero-order chi connectivity index (χ0) is 20.8. The Hall–Kier alpha value is -2.46. The Morgan fingerprint density at radius 1 is 1.21 bits per heavy atom. The van der Waals surface area contributed by atoms with E-state index in [1.54, 1.807) is 20.2 Å². The molecule has 1 aliphatic carbocycles. The average Bonchev–Trinajstić information content (AvgIpc) is 2.63. The van der Waals surface area contributed by atoms with Gasteiger partial charge in [-0.15, -0.1) is 0 Å². The zero-order valence-corrected chi connectivity index (χ0v) is 17.0. The van der Waals surface area contributed by atoms with Crippen molar-refractivity contribution in [2.45, 2.75) is 31.3 Å². The first-order valence-electron chi connectivity index (χ1n) is 8.61. The number of amides is 3. The smallest absolute Gasteiger partial charge is 0.404 e. The van der Waals surface area contributed by atoms with E-state index in [1.165, 1.54) is 17.2 Å². The van der Waals surface area contributed by atoms with Gasteiger partial charge in [-0.1, -0.05) is 23.8 Å². The fourth-order valence-electron chi connectivity index (χ4n) is 3.11. The van der Waals surface area contributed by atoms with E-state index in [-0.39, 0.29) is 16.8 Å². The van der Waals surface area contributed by atoms with Gasteiger partial charge in [-0.25, -0.2) is 9.78 Å². The Morgan fingerprint density at radius 3 is 2.50 bits per heavy atom. The fourth-order valence-corrected chi connectivity index (χ4v) is 3.42. The first-order valence-corrected chi connectivity index (χ1v) is 9.40. The second-order valence-corrected chi connectivity index (χ2v) is 7.54. The predicted octanol–water partition coefficient (Wildman–Crippen LogP) is 1.48. The highest BCUT2D eigenvalue weighted by Gasteiger charge is 2.36. The summed E-state index contributed by atoms with van der Waals surface area (Å²) in [5.41, 5.74) is 0. The number of nitrogens with one attached hydrogen (secondary N) is 3. The second-order valence-electron chi connectivity index (χ2n) is 6.69. The molecule has 1 aromatic heterocycles. The lowest BCUT2D eigenvalue weighted by atomic mass is 9.81. The number of carbonyl (C=O) groups excluding carboxylic acids is 2. The van der Waals surface area contributed by atoms with Gasteiger partial charge in [0, 0.05) is 32.3 Å². The van der Waals surface area contributed by atoms with E-state index < -0.39 is 24.1 Å². The molecule has 1 fully saturated rings. The largest absolute Gasteiger partial charge is 0.465 e. The normalized spacial score (nSPS) is 21.3. The molecule has 0 saturated heterocycles. The van der Waals surface area contributed by atoms with Crippen LogP contribution >= 0.6 is 23.8 Å². The number of thiocarbonyl (C=S) groups is 1. The van der Waals surface area contributed by atoms with Crippen molar-refractivity contribution < 1.29 is 19.5 Å². The molecule has 3 atom stereocenters. The first-order chi connectivity index (χ1) is 13.2. The summed E-state index contributed by atoms with van der Waals surface area (Å²) in [7, 11) is 3.33. The van der Waals surface area contributed by atoms with Crippen molar-refractivity contribution in [2.75, 3.05) is 19.4 Å². The van der Waals surface area contributed by atoms with Crippen LogP contribution in [0.2, 0.25) is 5.02 Å². The monoisotopic (exact) mass is 427 g/mol. The molecule has 1 aliphatic rings. The molecule has 0 bridgehead atoms. The number of pyridine rings is 1. The maximum atomic E-state index is 12.3. The Labute approximate surface area is 172 Å². The van der Waals surface area contributed by atoms with Crippen LogP contribution in [0.25, 0.3) is 0 Å².